The molecule has 11 heteroatoms. The van der Waals surface area contributed by atoms with Crippen molar-refractivity contribution in [1.82, 2.24) is 10.2 Å². The molecule has 0 aromatic heterocycles. The summed E-state index contributed by atoms with van der Waals surface area (Å²) in [4.78, 5) is 30.0. The average Bonchev–Trinajstić information content (AvgIpc) is 3.10. The summed E-state index contributed by atoms with van der Waals surface area (Å²) in [6, 6.07) is 26.6. The van der Waals surface area contributed by atoms with Gasteiger partial charge < -0.3 is 10.2 Å². The Labute approximate surface area is 285 Å². The summed E-state index contributed by atoms with van der Waals surface area (Å²) < 4.78 is 70.4. The summed E-state index contributed by atoms with van der Waals surface area (Å²) in [6.45, 7) is 1.01. The van der Waals surface area contributed by atoms with Gasteiger partial charge in [-0.1, -0.05) is 98.1 Å². The smallest absolute Gasteiger partial charge is 0.352 e. The molecule has 0 heterocycles. The minimum atomic E-state index is -4.75. The number of benzene rings is 4. The highest BCUT2D eigenvalue weighted by Gasteiger charge is 2.37. The van der Waals surface area contributed by atoms with E-state index in [4.69, 9.17) is 0 Å². The third-order valence-corrected chi connectivity index (χ3v) is 10.7. The zero-order valence-electron chi connectivity index (χ0n) is 27.3. The van der Waals surface area contributed by atoms with Crippen molar-refractivity contribution in [3.05, 3.63) is 131 Å². The van der Waals surface area contributed by atoms with E-state index in [9.17, 15) is 31.2 Å². The van der Waals surface area contributed by atoms with Crippen LogP contribution in [0.25, 0.3) is 0 Å². The lowest BCUT2D eigenvalue weighted by Gasteiger charge is -2.35. The van der Waals surface area contributed by atoms with E-state index < -0.39 is 40.3 Å². The summed E-state index contributed by atoms with van der Waals surface area (Å²) in [6.07, 6.45) is 0.0529. The molecule has 1 unspecified atom stereocenters. The van der Waals surface area contributed by atoms with E-state index in [0.29, 0.717) is 4.31 Å². The van der Waals surface area contributed by atoms with E-state index in [1.54, 1.807) is 6.07 Å². The SMILES string of the molecule is Cc1ccccc1CN(C(=O)CN(c1cccc(C(F)(F)F)c1)S(=O)(=O)c1ccccc1)C(Cc1ccccc1)C(=O)NC1CCCCC1. The maximum atomic E-state index is 14.6. The molecule has 1 saturated carbocycles. The lowest BCUT2D eigenvalue weighted by Crippen LogP contribution is -2.55. The Morgan fingerprint density at radius 2 is 1.47 bits per heavy atom. The molecule has 1 aliphatic carbocycles. The molecule has 4 aromatic carbocycles. The molecular formula is C38H40F3N3O4S. The second-order valence-corrected chi connectivity index (χ2v) is 14.2. The number of aryl methyl sites for hydroxylation is 1. The molecule has 0 spiro atoms. The van der Waals surface area contributed by atoms with Crippen LogP contribution in [-0.4, -0.2) is 43.8 Å². The van der Waals surface area contributed by atoms with Gasteiger partial charge in [-0.05, 0) is 66.8 Å². The molecule has 1 atom stereocenters. The minimum Gasteiger partial charge on any atom is -0.352 e. The number of nitrogens with one attached hydrogen (secondary N) is 1. The Balaban J connectivity index is 1.59. The van der Waals surface area contributed by atoms with E-state index in [0.717, 1.165) is 67.0 Å². The van der Waals surface area contributed by atoms with Crippen LogP contribution in [0.4, 0.5) is 18.9 Å². The first-order chi connectivity index (χ1) is 23.4. The fourth-order valence-corrected chi connectivity index (χ4v) is 7.58. The molecular weight excluding hydrogens is 651 g/mol. The van der Waals surface area contributed by atoms with Crippen LogP contribution < -0.4 is 9.62 Å². The monoisotopic (exact) mass is 691 g/mol. The Bertz CT molecular complexity index is 1830. The molecule has 4 aromatic rings. The highest BCUT2D eigenvalue weighted by atomic mass is 32.2. The molecule has 5 rings (SSSR count). The van der Waals surface area contributed by atoms with E-state index in [1.807, 2.05) is 61.5 Å². The lowest BCUT2D eigenvalue weighted by atomic mass is 9.94. The number of halogens is 3. The number of sulfonamides is 1. The third-order valence-electron chi connectivity index (χ3n) is 8.90. The predicted molar refractivity (Wildman–Crippen MR) is 183 cm³/mol. The van der Waals surface area contributed by atoms with Gasteiger partial charge in [0.2, 0.25) is 11.8 Å². The van der Waals surface area contributed by atoms with Gasteiger partial charge in [-0.2, -0.15) is 13.2 Å². The summed E-state index contributed by atoms with van der Waals surface area (Å²) in [5, 5.41) is 3.15. The van der Waals surface area contributed by atoms with Gasteiger partial charge in [0.1, 0.15) is 12.6 Å². The average molecular weight is 692 g/mol. The van der Waals surface area contributed by atoms with Crippen molar-refractivity contribution in [2.45, 2.75) is 75.1 Å². The lowest BCUT2D eigenvalue weighted by molar-refractivity contribution is -0.140. The normalized spacial score (nSPS) is 14.5. The van der Waals surface area contributed by atoms with Gasteiger partial charge in [0.15, 0.2) is 0 Å². The minimum absolute atomic E-state index is 0.0249. The summed E-state index contributed by atoms with van der Waals surface area (Å²) in [5.41, 5.74) is 1.01. The number of carbonyl (C=O) groups excluding carboxylic acids is 2. The molecule has 7 nitrogen and oxygen atoms in total. The van der Waals surface area contributed by atoms with Crippen LogP contribution in [0.5, 0.6) is 0 Å². The van der Waals surface area contributed by atoms with Gasteiger partial charge in [0.25, 0.3) is 10.0 Å². The first-order valence-corrected chi connectivity index (χ1v) is 17.8. The van der Waals surface area contributed by atoms with Crippen molar-refractivity contribution >= 4 is 27.5 Å². The van der Waals surface area contributed by atoms with Crippen LogP contribution in [-0.2, 0) is 38.8 Å². The maximum absolute atomic E-state index is 14.6. The van der Waals surface area contributed by atoms with Crippen molar-refractivity contribution < 1.29 is 31.2 Å². The number of rotatable bonds is 12. The fraction of sp³-hybridized carbons (Fsp3) is 0.316. The molecule has 49 heavy (non-hydrogen) atoms. The molecule has 0 aliphatic heterocycles. The molecule has 0 bridgehead atoms. The van der Waals surface area contributed by atoms with Crippen LogP contribution in [0.15, 0.2) is 114 Å². The number of anilines is 1. The zero-order valence-corrected chi connectivity index (χ0v) is 28.1. The molecule has 258 valence electrons. The second-order valence-electron chi connectivity index (χ2n) is 12.4. The van der Waals surface area contributed by atoms with Crippen LogP contribution >= 0.6 is 0 Å². The van der Waals surface area contributed by atoms with E-state index in [2.05, 4.69) is 5.32 Å². The Morgan fingerprint density at radius 3 is 2.12 bits per heavy atom. The number of amides is 2. The van der Waals surface area contributed by atoms with Crippen LogP contribution in [0, 0.1) is 6.92 Å². The van der Waals surface area contributed by atoms with E-state index >= 15 is 0 Å². The van der Waals surface area contributed by atoms with E-state index in [1.165, 1.54) is 35.2 Å². The molecule has 0 radical (unpaired) electrons. The first-order valence-electron chi connectivity index (χ1n) is 16.4. The quantitative estimate of drug-likeness (QED) is 0.169. The van der Waals surface area contributed by atoms with Crippen LogP contribution in [0.2, 0.25) is 0 Å². The van der Waals surface area contributed by atoms with E-state index in [-0.39, 0.29) is 35.5 Å². The third kappa shape index (κ3) is 9.08. The van der Waals surface area contributed by atoms with Crippen molar-refractivity contribution in [2.75, 3.05) is 10.8 Å². The van der Waals surface area contributed by atoms with Gasteiger partial charge in [-0.15, -0.1) is 0 Å². The van der Waals surface area contributed by atoms with Crippen molar-refractivity contribution in [1.29, 1.82) is 0 Å². The standard InChI is InChI=1S/C38H40F3N3O4S/c1-28-14-11-12-17-30(28)26-43(35(24-29-15-5-2-6-16-29)37(46)42-32-19-7-3-8-20-32)36(45)27-44(49(47,48)34-22-9-4-10-23-34)33-21-13-18-31(25-33)38(39,40)41/h2,4-6,9-18,21-23,25,32,35H,3,7-8,19-20,24,26-27H2,1H3,(H,42,46). The largest absolute Gasteiger partial charge is 0.416 e. The molecule has 1 aliphatic rings. The van der Waals surface area contributed by atoms with Crippen LogP contribution in [0.3, 0.4) is 0 Å². The highest BCUT2D eigenvalue weighted by Crippen LogP contribution is 2.33. The number of hydrogen-bond acceptors (Lipinski definition) is 4. The van der Waals surface area contributed by atoms with Crippen molar-refractivity contribution in [2.24, 2.45) is 0 Å². The topological polar surface area (TPSA) is 86.8 Å². The number of hydrogen-bond donors (Lipinski definition) is 1. The molecule has 2 amide bonds. The highest BCUT2D eigenvalue weighted by molar-refractivity contribution is 7.92. The summed E-state index contributed by atoms with van der Waals surface area (Å²) in [7, 11) is -4.54. The Morgan fingerprint density at radius 1 is 0.837 bits per heavy atom. The molecule has 0 saturated heterocycles. The Hall–Kier alpha value is -4.64. The number of nitrogens with zero attached hydrogens (tertiary/aromatic N) is 2. The summed E-state index contributed by atoms with van der Waals surface area (Å²) in [5.74, 6) is -1.10. The number of alkyl halides is 3. The fourth-order valence-electron chi connectivity index (χ4n) is 6.16. The van der Waals surface area contributed by atoms with Gasteiger partial charge >= 0.3 is 6.18 Å². The van der Waals surface area contributed by atoms with Crippen LogP contribution in [0.1, 0.15) is 54.4 Å². The van der Waals surface area contributed by atoms with Gasteiger partial charge in [-0.3, -0.25) is 13.9 Å². The van der Waals surface area contributed by atoms with Gasteiger partial charge in [0, 0.05) is 19.0 Å². The molecule has 1 N–H and O–H groups in total. The zero-order chi connectivity index (χ0) is 35.0. The predicted octanol–water partition coefficient (Wildman–Crippen LogP) is 7.30. The second kappa shape index (κ2) is 15.7. The van der Waals surface area contributed by atoms with Gasteiger partial charge in [0.05, 0.1) is 16.1 Å². The molecule has 1 fully saturated rings. The van der Waals surface area contributed by atoms with Crippen molar-refractivity contribution in [3.63, 3.8) is 0 Å². The van der Waals surface area contributed by atoms with Crippen molar-refractivity contribution in [3.8, 4) is 0 Å². The number of carbonyl (C=O) groups is 2. The maximum Gasteiger partial charge on any atom is 0.416 e. The first kappa shape index (κ1) is 35.7. The van der Waals surface area contributed by atoms with Gasteiger partial charge in [-0.25, -0.2) is 8.42 Å². The summed E-state index contributed by atoms with van der Waals surface area (Å²) >= 11 is 0. The Kier molecular flexibility index (Phi) is 11.4.